The minimum Gasteiger partial charge on any atom is -0.497 e. The van der Waals surface area contributed by atoms with Gasteiger partial charge in [0.05, 0.1) is 20.4 Å². The number of hydrogen-bond acceptors (Lipinski definition) is 5. The highest BCUT2D eigenvalue weighted by Crippen LogP contribution is 2.28. The maximum atomic E-state index is 5.40. The number of hydrogen-bond donors (Lipinski definition) is 1. The largest absolute Gasteiger partial charge is 0.497 e. The molecule has 30 heavy (non-hydrogen) atoms. The van der Waals surface area contributed by atoms with Gasteiger partial charge in [-0.2, -0.15) is 14.9 Å². The number of benzene rings is 3. The number of aromatic nitrogens is 3. The Morgan fingerprint density at radius 2 is 1.63 bits per heavy atom. The van der Waals surface area contributed by atoms with Crippen LogP contribution in [0.15, 0.2) is 65.8 Å². The van der Waals surface area contributed by atoms with E-state index in [1.807, 2.05) is 36.4 Å². The van der Waals surface area contributed by atoms with Gasteiger partial charge in [0, 0.05) is 5.92 Å². The molecule has 1 atom stereocenters. The van der Waals surface area contributed by atoms with Crippen molar-refractivity contribution in [3.05, 3.63) is 82.4 Å². The molecule has 7 heteroatoms. The fourth-order valence-corrected chi connectivity index (χ4v) is 3.48. The fraction of sp³-hybridized carbons (Fsp3) is 0.174. The van der Waals surface area contributed by atoms with E-state index in [0.29, 0.717) is 4.77 Å². The van der Waals surface area contributed by atoms with Gasteiger partial charge in [-0.05, 0) is 70.5 Å². The summed E-state index contributed by atoms with van der Waals surface area (Å²) in [5.41, 5.74) is 2.07. The third-order valence-corrected chi connectivity index (χ3v) is 5.34. The van der Waals surface area contributed by atoms with E-state index >= 15 is 0 Å². The normalized spacial score (nSPS) is 12.4. The predicted molar refractivity (Wildman–Crippen MR) is 121 cm³/mol. The highest BCUT2D eigenvalue weighted by molar-refractivity contribution is 7.71. The first kappa shape index (κ1) is 19.8. The molecule has 0 amide bonds. The summed E-state index contributed by atoms with van der Waals surface area (Å²) in [6.45, 7) is 2.09. The van der Waals surface area contributed by atoms with Crippen LogP contribution in [0.1, 0.15) is 29.8 Å². The molecule has 6 nitrogen and oxygen atoms in total. The Labute approximate surface area is 179 Å². The molecule has 3 aromatic carbocycles. The van der Waals surface area contributed by atoms with Crippen molar-refractivity contribution in [2.24, 2.45) is 5.10 Å². The topological polar surface area (TPSA) is 64.4 Å². The maximum Gasteiger partial charge on any atom is 0.216 e. The minimum absolute atomic E-state index is 0.00234. The lowest BCUT2D eigenvalue weighted by atomic mass is 9.97. The van der Waals surface area contributed by atoms with E-state index in [1.165, 1.54) is 0 Å². The van der Waals surface area contributed by atoms with Gasteiger partial charge in [-0.15, -0.1) is 0 Å². The first-order chi connectivity index (χ1) is 14.6. The molecule has 0 bridgehead atoms. The van der Waals surface area contributed by atoms with Gasteiger partial charge in [-0.25, -0.2) is 0 Å². The number of nitrogens with one attached hydrogen (secondary N) is 1. The van der Waals surface area contributed by atoms with E-state index in [9.17, 15) is 0 Å². The van der Waals surface area contributed by atoms with Gasteiger partial charge in [0.25, 0.3) is 0 Å². The van der Waals surface area contributed by atoms with E-state index in [2.05, 4.69) is 46.5 Å². The number of methoxy groups -OCH3 is 2. The summed E-state index contributed by atoms with van der Waals surface area (Å²) in [5.74, 6) is 2.39. The smallest absolute Gasteiger partial charge is 0.216 e. The SMILES string of the molecule is COc1ccc(/C=N/n2c(C(C)c3ccc4cc(OC)ccc4c3)n[nH]c2=S)cc1. The first-order valence-electron chi connectivity index (χ1n) is 9.52. The zero-order valence-corrected chi connectivity index (χ0v) is 17.8. The monoisotopic (exact) mass is 418 g/mol. The first-order valence-corrected chi connectivity index (χ1v) is 9.93. The second-order valence-electron chi connectivity index (χ2n) is 6.91. The Morgan fingerprint density at radius 3 is 2.37 bits per heavy atom. The molecule has 4 rings (SSSR count). The standard InChI is InChI=1S/C23H22N4O2S/c1-15(17-6-7-19-13-21(29-3)11-8-18(19)12-17)22-25-26-23(30)27(22)24-14-16-4-9-20(28-2)10-5-16/h4-15H,1-3H3,(H,26,30)/b24-14+. The molecular weight excluding hydrogens is 396 g/mol. The van der Waals surface area contributed by atoms with Gasteiger partial charge in [0.15, 0.2) is 5.82 Å². The molecular formula is C23H22N4O2S. The summed E-state index contributed by atoms with van der Waals surface area (Å²) in [5, 5.41) is 14.1. The summed E-state index contributed by atoms with van der Waals surface area (Å²) in [7, 11) is 3.32. The van der Waals surface area contributed by atoms with Crippen molar-refractivity contribution in [1.82, 2.24) is 14.9 Å². The average Bonchev–Trinajstić information content (AvgIpc) is 3.16. The van der Waals surface area contributed by atoms with Crippen LogP contribution in [0.5, 0.6) is 11.5 Å². The molecule has 1 aromatic heterocycles. The minimum atomic E-state index is -0.00234. The Bertz CT molecular complexity index is 1260. The molecule has 1 unspecified atom stereocenters. The molecule has 0 fully saturated rings. The van der Waals surface area contributed by atoms with Crippen LogP contribution in [0.4, 0.5) is 0 Å². The van der Waals surface area contributed by atoms with Crippen molar-refractivity contribution in [3.8, 4) is 11.5 Å². The van der Waals surface area contributed by atoms with E-state index in [-0.39, 0.29) is 5.92 Å². The lowest BCUT2D eigenvalue weighted by molar-refractivity contribution is 0.415. The maximum absolute atomic E-state index is 5.40. The van der Waals surface area contributed by atoms with E-state index < -0.39 is 0 Å². The van der Waals surface area contributed by atoms with Crippen molar-refractivity contribution in [2.45, 2.75) is 12.8 Å². The van der Waals surface area contributed by atoms with Crippen molar-refractivity contribution in [2.75, 3.05) is 14.2 Å². The zero-order valence-electron chi connectivity index (χ0n) is 17.0. The highest BCUT2D eigenvalue weighted by atomic mass is 32.1. The highest BCUT2D eigenvalue weighted by Gasteiger charge is 2.16. The van der Waals surface area contributed by atoms with Gasteiger partial charge in [0.1, 0.15) is 11.5 Å². The summed E-state index contributed by atoms with van der Waals surface area (Å²) >= 11 is 5.40. The number of fused-ring (bicyclic) bond motifs is 1. The number of H-pyrrole nitrogens is 1. The van der Waals surface area contributed by atoms with Crippen LogP contribution in [0.3, 0.4) is 0 Å². The number of ether oxygens (including phenoxy) is 2. The Balaban J connectivity index is 1.65. The quantitative estimate of drug-likeness (QED) is 0.348. The molecule has 1 heterocycles. The van der Waals surface area contributed by atoms with E-state index in [0.717, 1.165) is 39.2 Å². The average molecular weight is 419 g/mol. The molecule has 152 valence electrons. The third kappa shape index (κ3) is 3.97. The Kier molecular flexibility index (Phi) is 5.63. The second kappa shape index (κ2) is 8.51. The summed E-state index contributed by atoms with van der Waals surface area (Å²) in [4.78, 5) is 0. The van der Waals surface area contributed by atoms with Gasteiger partial charge >= 0.3 is 0 Å². The van der Waals surface area contributed by atoms with Crippen molar-refractivity contribution >= 4 is 29.2 Å². The molecule has 0 aliphatic rings. The van der Waals surface area contributed by atoms with Gasteiger partial charge in [-0.3, -0.25) is 5.10 Å². The fourth-order valence-electron chi connectivity index (χ4n) is 3.30. The predicted octanol–water partition coefficient (Wildman–Crippen LogP) is 5.15. The molecule has 0 saturated carbocycles. The third-order valence-electron chi connectivity index (χ3n) is 5.07. The van der Waals surface area contributed by atoms with Crippen molar-refractivity contribution < 1.29 is 9.47 Å². The number of aromatic amines is 1. The second-order valence-corrected chi connectivity index (χ2v) is 7.30. The van der Waals surface area contributed by atoms with Crippen molar-refractivity contribution in [3.63, 3.8) is 0 Å². The van der Waals surface area contributed by atoms with Crippen LogP contribution in [-0.4, -0.2) is 35.3 Å². The Morgan fingerprint density at radius 1 is 0.967 bits per heavy atom. The van der Waals surface area contributed by atoms with Gasteiger partial charge < -0.3 is 9.47 Å². The molecule has 0 aliphatic heterocycles. The molecule has 1 N–H and O–H groups in total. The molecule has 0 radical (unpaired) electrons. The van der Waals surface area contributed by atoms with Gasteiger partial charge in [-0.1, -0.05) is 31.2 Å². The van der Waals surface area contributed by atoms with Crippen LogP contribution >= 0.6 is 12.2 Å². The van der Waals surface area contributed by atoms with Crippen LogP contribution in [0.25, 0.3) is 10.8 Å². The lowest BCUT2D eigenvalue weighted by Crippen LogP contribution is -2.05. The summed E-state index contributed by atoms with van der Waals surface area (Å²) in [6.07, 6.45) is 1.76. The summed E-state index contributed by atoms with van der Waals surface area (Å²) < 4.78 is 12.6. The van der Waals surface area contributed by atoms with E-state index in [1.54, 1.807) is 25.1 Å². The summed E-state index contributed by atoms with van der Waals surface area (Å²) in [6, 6.07) is 20.1. The van der Waals surface area contributed by atoms with Crippen LogP contribution < -0.4 is 9.47 Å². The van der Waals surface area contributed by atoms with Crippen LogP contribution in [-0.2, 0) is 0 Å². The number of rotatable bonds is 6. The van der Waals surface area contributed by atoms with Crippen LogP contribution in [0, 0.1) is 4.77 Å². The Hall–Kier alpha value is -3.45. The lowest BCUT2D eigenvalue weighted by Gasteiger charge is -2.12. The van der Waals surface area contributed by atoms with E-state index in [4.69, 9.17) is 21.7 Å². The molecule has 0 aliphatic carbocycles. The molecule has 4 aromatic rings. The number of nitrogens with zero attached hydrogens (tertiary/aromatic N) is 3. The van der Waals surface area contributed by atoms with Crippen LogP contribution in [0.2, 0.25) is 0 Å². The molecule has 0 saturated heterocycles. The zero-order chi connectivity index (χ0) is 21.1. The van der Waals surface area contributed by atoms with Crippen molar-refractivity contribution in [1.29, 1.82) is 0 Å². The molecule has 0 spiro atoms. The van der Waals surface area contributed by atoms with Gasteiger partial charge in [0.2, 0.25) is 4.77 Å².